The summed E-state index contributed by atoms with van der Waals surface area (Å²) in [5.74, 6) is 0.206. The van der Waals surface area contributed by atoms with E-state index in [0.29, 0.717) is 11.9 Å². The minimum absolute atomic E-state index is 0.165. The Morgan fingerprint density at radius 1 is 1.23 bits per heavy atom. The van der Waals surface area contributed by atoms with Crippen molar-refractivity contribution in [2.45, 2.75) is 25.2 Å². The molecule has 0 saturated carbocycles. The highest BCUT2D eigenvalue weighted by Gasteiger charge is 2.18. The number of nitrogens with one attached hydrogen (secondary N) is 2. The van der Waals surface area contributed by atoms with Crippen molar-refractivity contribution in [2.75, 3.05) is 25.9 Å². The predicted octanol–water partition coefficient (Wildman–Crippen LogP) is 1.81. The average molecular weight is 329 g/mol. The molecule has 0 atom stereocenters. The zero-order valence-electron chi connectivity index (χ0n) is 13.3. The van der Waals surface area contributed by atoms with Gasteiger partial charge in [-0.3, -0.25) is 4.99 Å². The summed E-state index contributed by atoms with van der Waals surface area (Å²) in [5.41, 5.74) is 0. The molecule has 0 saturated heterocycles. The summed E-state index contributed by atoms with van der Waals surface area (Å²) in [4.78, 5) is 3.76. The van der Waals surface area contributed by atoms with Crippen molar-refractivity contribution in [3.05, 3.63) is 30.1 Å². The zero-order chi connectivity index (χ0) is 16.6. The fourth-order valence-electron chi connectivity index (χ4n) is 1.81. The monoisotopic (exact) mass is 329 g/mol. The molecular weight excluding hydrogens is 305 g/mol. The maximum absolute atomic E-state index is 13.5. The molecule has 1 aromatic carbocycles. The van der Waals surface area contributed by atoms with E-state index in [2.05, 4.69) is 29.5 Å². The van der Waals surface area contributed by atoms with E-state index < -0.39 is 15.7 Å². The van der Waals surface area contributed by atoms with Crippen LogP contribution in [0.5, 0.6) is 0 Å². The van der Waals surface area contributed by atoms with Crippen molar-refractivity contribution in [1.29, 1.82) is 0 Å². The average Bonchev–Trinajstić information content (AvgIpc) is 2.45. The van der Waals surface area contributed by atoms with Crippen molar-refractivity contribution in [3.63, 3.8) is 0 Å². The summed E-state index contributed by atoms with van der Waals surface area (Å²) >= 11 is 0. The molecule has 0 aromatic heterocycles. The van der Waals surface area contributed by atoms with Gasteiger partial charge in [-0.05, 0) is 24.5 Å². The number of aliphatic imine (C=N–C) groups is 1. The standard InChI is InChI=1S/C15H24FN3O2S/c1-12(2)8-9-18-15(17-3)19-10-11-22(20,21)14-7-5-4-6-13(14)16/h4-7,12H,8-11H2,1-3H3,(H2,17,18,19). The van der Waals surface area contributed by atoms with Gasteiger partial charge in [-0.1, -0.05) is 26.0 Å². The van der Waals surface area contributed by atoms with Gasteiger partial charge in [0.05, 0.1) is 5.75 Å². The number of hydrogen-bond acceptors (Lipinski definition) is 3. The number of rotatable bonds is 7. The smallest absolute Gasteiger partial charge is 0.191 e. The second kappa shape index (κ2) is 8.73. The van der Waals surface area contributed by atoms with Crippen LogP contribution in [0.1, 0.15) is 20.3 Å². The molecule has 2 N–H and O–H groups in total. The number of benzene rings is 1. The van der Waals surface area contributed by atoms with Gasteiger partial charge < -0.3 is 10.6 Å². The Hall–Kier alpha value is -1.63. The van der Waals surface area contributed by atoms with Crippen LogP contribution in [0.4, 0.5) is 4.39 Å². The molecule has 0 aliphatic rings. The maximum atomic E-state index is 13.5. The summed E-state index contributed by atoms with van der Waals surface area (Å²) in [7, 11) is -2.03. The summed E-state index contributed by atoms with van der Waals surface area (Å²) < 4.78 is 37.7. The summed E-state index contributed by atoms with van der Waals surface area (Å²) in [6.45, 7) is 5.17. The fraction of sp³-hybridized carbons (Fsp3) is 0.533. The Balaban J connectivity index is 2.50. The molecule has 5 nitrogen and oxygen atoms in total. The number of guanidine groups is 1. The number of sulfone groups is 1. The summed E-state index contributed by atoms with van der Waals surface area (Å²) in [5, 5.41) is 6.03. The topological polar surface area (TPSA) is 70.6 Å². The lowest BCUT2D eigenvalue weighted by Gasteiger charge is -2.13. The summed E-state index contributed by atoms with van der Waals surface area (Å²) in [6, 6.07) is 5.40. The minimum Gasteiger partial charge on any atom is -0.356 e. The van der Waals surface area contributed by atoms with Crippen molar-refractivity contribution < 1.29 is 12.8 Å². The Labute approximate surface area is 132 Å². The largest absolute Gasteiger partial charge is 0.356 e. The van der Waals surface area contributed by atoms with Crippen LogP contribution in [-0.2, 0) is 9.84 Å². The lowest BCUT2D eigenvalue weighted by atomic mass is 10.1. The van der Waals surface area contributed by atoms with E-state index >= 15 is 0 Å². The Bertz CT molecular complexity index is 601. The van der Waals surface area contributed by atoms with Crippen molar-refractivity contribution in [1.82, 2.24) is 10.6 Å². The van der Waals surface area contributed by atoms with Gasteiger partial charge >= 0.3 is 0 Å². The molecule has 0 aliphatic heterocycles. The lowest BCUT2D eigenvalue weighted by Crippen LogP contribution is -2.40. The molecular formula is C15H24FN3O2S. The van der Waals surface area contributed by atoms with Crippen LogP contribution in [0.25, 0.3) is 0 Å². The SMILES string of the molecule is CN=C(NCCC(C)C)NCCS(=O)(=O)c1ccccc1F. The van der Waals surface area contributed by atoms with Crippen LogP contribution in [0.2, 0.25) is 0 Å². The molecule has 0 amide bonds. The van der Waals surface area contributed by atoms with Gasteiger partial charge in [0.2, 0.25) is 0 Å². The van der Waals surface area contributed by atoms with Gasteiger partial charge in [0, 0.05) is 20.1 Å². The van der Waals surface area contributed by atoms with Crippen LogP contribution in [0, 0.1) is 11.7 Å². The van der Waals surface area contributed by atoms with E-state index in [-0.39, 0.29) is 17.2 Å². The molecule has 0 bridgehead atoms. The van der Waals surface area contributed by atoms with Crippen LogP contribution < -0.4 is 10.6 Å². The fourth-order valence-corrected chi connectivity index (χ4v) is 3.05. The Morgan fingerprint density at radius 2 is 1.86 bits per heavy atom. The highest BCUT2D eigenvalue weighted by Crippen LogP contribution is 2.14. The van der Waals surface area contributed by atoms with E-state index in [1.54, 1.807) is 7.05 Å². The molecule has 124 valence electrons. The minimum atomic E-state index is -3.65. The maximum Gasteiger partial charge on any atom is 0.191 e. The molecule has 0 spiro atoms. The highest BCUT2D eigenvalue weighted by molar-refractivity contribution is 7.91. The van der Waals surface area contributed by atoms with E-state index in [1.165, 1.54) is 18.2 Å². The van der Waals surface area contributed by atoms with Crippen LogP contribution in [-0.4, -0.2) is 40.3 Å². The first kappa shape index (κ1) is 18.4. The third-order valence-corrected chi connectivity index (χ3v) is 4.82. The Morgan fingerprint density at radius 3 is 2.45 bits per heavy atom. The summed E-state index contributed by atoms with van der Waals surface area (Å²) in [6.07, 6.45) is 0.994. The lowest BCUT2D eigenvalue weighted by molar-refractivity contribution is 0.565. The first-order chi connectivity index (χ1) is 10.4. The van der Waals surface area contributed by atoms with Gasteiger partial charge in [-0.2, -0.15) is 0 Å². The van der Waals surface area contributed by atoms with Gasteiger partial charge in [-0.15, -0.1) is 0 Å². The molecule has 0 aliphatic carbocycles. The van der Waals surface area contributed by atoms with Crippen molar-refractivity contribution in [3.8, 4) is 0 Å². The molecule has 1 rings (SSSR count). The molecule has 22 heavy (non-hydrogen) atoms. The van der Waals surface area contributed by atoms with Crippen molar-refractivity contribution in [2.24, 2.45) is 10.9 Å². The second-order valence-corrected chi connectivity index (χ2v) is 7.44. The molecule has 0 radical (unpaired) electrons. The van der Waals surface area contributed by atoms with E-state index in [0.717, 1.165) is 19.0 Å². The molecule has 0 fully saturated rings. The van der Waals surface area contributed by atoms with Crippen LogP contribution in [0.3, 0.4) is 0 Å². The number of halogens is 1. The first-order valence-corrected chi connectivity index (χ1v) is 8.94. The zero-order valence-corrected chi connectivity index (χ0v) is 14.1. The van der Waals surface area contributed by atoms with E-state index in [9.17, 15) is 12.8 Å². The predicted molar refractivity (Wildman–Crippen MR) is 87.3 cm³/mol. The van der Waals surface area contributed by atoms with Gasteiger partial charge in [-0.25, -0.2) is 12.8 Å². The first-order valence-electron chi connectivity index (χ1n) is 7.28. The highest BCUT2D eigenvalue weighted by atomic mass is 32.2. The van der Waals surface area contributed by atoms with E-state index in [1.807, 2.05) is 0 Å². The third-order valence-electron chi connectivity index (χ3n) is 3.07. The van der Waals surface area contributed by atoms with Crippen molar-refractivity contribution >= 4 is 15.8 Å². The molecule has 0 unspecified atom stereocenters. The molecule has 7 heteroatoms. The second-order valence-electron chi connectivity index (χ2n) is 5.36. The Kier molecular flexibility index (Phi) is 7.31. The number of hydrogen-bond donors (Lipinski definition) is 2. The van der Waals surface area contributed by atoms with Crippen LogP contribution >= 0.6 is 0 Å². The molecule has 0 heterocycles. The van der Waals surface area contributed by atoms with Gasteiger partial charge in [0.15, 0.2) is 15.8 Å². The molecule has 1 aromatic rings. The normalized spacial score (nSPS) is 12.5. The van der Waals surface area contributed by atoms with Gasteiger partial charge in [0.25, 0.3) is 0 Å². The van der Waals surface area contributed by atoms with Crippen LogP contribution in [0.15, 0.2) is 34.2 Å². The van der Waals surface area contributed by atoms with Gasteiger partial charge in [0.1, 0.15) is 10.7 Å². The third kappa shape index (κ3) is 6.01. The quantitative estimate of drug-likeness (QED) is 0.591. The number of nitrogens with zero attached hydrogens (tertiary/aromatic N) is 1. The van der Waals surface area contributed by atoms with E-state index in [4.69, 9.17) is 0 Å².